The fourth-order valence-electron chi connectivity index (χ4n) is 3.61. The number of carbonyl (C=O) groups is 2. The van der Waals surface area contributed by atoms with Crippen LogP contribution in [-0.4, -0.2) is 60.4 Å². The third kappa shape index (κ3) is 5.24. The van der Waals surface area contributed by atoms with Gasteiger partial charge >= 0.3 is 0 Å². The number of aliphatic hydroxyl groups is 1. The molecule has 7 nitrogen and oxygen atoms in total. The Kier molecular flexibility index (Phi) is 7.31. The van der Waals surface area contributed by atoms with Crippen molar-refractivity contribution >= 4 is 17.8 Å². The van der Waals surface area contributed by atoms with E-state index in [0.717, 1.165) is 6.54 Å². The molecule has 0 aliphatic carbocycles. The largest absolute Gasteiger partial charge is 0.503 e. The normalized spacial score (nSPS) is 16.7. The Labute approximate surface area is 182 Å². The second-order valence-corrected chi connectivity index (χ2v) is 7.54. The first-order valence-electron chi connectivity index (χ1n) is 10.3. The molecule has 2 aromatic rings. The van der Waals surface area contributed by atoms with E-state index in [1.165, 1.54) is 18.4 Å². The number of allylic oxidation sites excluding steroid dienone is 1. The van der Waals surface area contributed by atoms with Crippen LogP contribution in [0.2, 0.25) is 0 Å². The zero-order valence-electron chi connectivity index (χ0n) is 18.1. The van der Waals surface area contributed by atoms with Crippen molar-refractivity contribution in [1.29, 1.82) is 0 Å². The predicted octanol–water partition coefficient (Wildman–Crippen LogP) is 3.61. The van der Waals surface area contributed by atoms with E-state index in [-0.39, 0.29) is 5.57 Å². The minimum absolute atomic E-state index is 0.0614. The summed E-state index contributed by atoms with van der Waals surface area (Å²) in [5, 5.41) is 10.6. The van der Waals surface area contributed by atoms with E-state index in [1.807, 2.05) is 50.2 Å². The fourth-order valence-corrected chi connectivity index (χ4v) is 3.61. The number of amides is 1. The standard InChI is InChI=1S/C24H28N2O5/c1-4-30-19-9-5-8-17(16-19)22-21(20(27)12-11-18-10-6-15-31-18)23(28)24(29)26(22)14-7-13-25(2)3/h5-6,8-12,15-16,22,28H,4,7,13-14H2,1-3H3/b12-11+. The Morgan fingerprint density at radius 2 is 2.10 bits per heavy atom. The van der Waals surface area contributed by atoms with Gasteiger partial charge in [-0.1, -0.05) is 12.1 Å². The highest BCUT2D eigenvalue weighted by Crippen LogP contribution is 2.39. The van der Waals surface area contributed by atoms with Gasteiger partial charge in [0.25, 0.3) is 5.91 Å². The minimum Gasteiger partial charge on any atom is -0.503 e. The summed E-state index contributed by atoms with van der Waals surface area (Å²) in [6.45, 7) is 3.57. The molecule has 7 heteroatoms. The average Bonchev–Trinajstić information content (AvgIpc) is 3.34. The van der Waals surface area contributed by atoms with Crippen molar-refractivity contribution in [2.45, 2.75) is 19.4 Å². The van der Waals surface area contributed by atoms with Crippen molar-refractivity contribution < 1.29 is 23.8 Å². The van der Waals surface area contributed by atoms with Gasteiger partial charge in [-0.15, -0.1) is 0 Å². The Hall–Kier alpha value is -3.32. The first-order chi connectivity index (χ1) is 14.9. The molecule has 0 radical (unpaired) electrons. The van der Waals surface area contributed by atoms with Gasteiger partial charge in [-0.3, -0.25) is 9.59 Å². The van der Waals surface area contributed by atoms with Gasteiger partial charge in [-0.05, 0) is 76.0 Å². The van der Waals surface area contributed by atoms with Crippen LogP contribution in [0, 0.1) is 0 Å². The van der Waals surface area contributed by atoms with E-state index in [0.29, 0.717) is 36.6 Å². The number of nitrogens with zero attached hydrogens (tertiary/aromatic N) is 2. The third-order valence-electron chi connectivity index (χ3n) is 5.00. The van der Waals surface area contributed by atoms with Gasteiger partial charge in [-0.2, -0.15) is 0 Å². The first-order valence-corrected chi connectivity index (χ1v) is 10.3. The second kappa shape index (κ2) is 10.1. The van der Waals surface area contributed by atoms with Crippen LogP contribution in [0.1, 0.15) is 30.7 Å². The van der Waals surface area contributed by atoms with Gasteiger partial charge in [-0.25, -0.2) is 0 Å². The molecule has 3 rings (SSSR count). The first kappa shape index (κ1) is 22.4. The summed E-state index contributed by atoms with van der Waals surface area (Å²) in [5.74, 6) is -0.337. The fraction of sp³-hybridized carbons (Fsp3) is 0.333. The number of hydrogen-bond donors (Lipinski definition) is 1. The number of benzene rings is 1. The van der Waals surface area contributed by atoms with E-state index >= 15 is 0 Å². The molecule has 0 saturated heterocycles. The van der Waals surface area contributed by atoms with Crippen molar-refractivity contribution in [1.82, 2.24) is 9.80 Å². The van der Waals surface area contributed by atoms with Gasteiger partial charge < -0.3 is 24.1 Å². The summed E-state index contributed by atoms with van der Waals surface area (Å²) in [7, 11) is 3.91. The smallest absolute Gasteiger partial charge is 0.290 e. The second-order valence-electron chi connectivity index (χ2n) is 7.54. The van der Waals surface area contributed by atoms with Crippen LogP contribution < -0.4 is 4.74 Å². The van der Waals surface area contributed by atoms with E-state index in [2.05, 4.69) is 0 Å². The molecule has 164 valence electrons. The Morgan fingerprint density at radius 1 is 1.29 bits per heavy atom. The monoisotopic (exact) mass is 424 g/mol. The van der Waals surface area contributed by atoms with Crippen LogP contribution in [0.4, 0.5) is 0 Å². The molecule has 0 fully saturated rings. The molecule has 1 unspecified atom stereocenters. The SMILES string of the molecule is CCOc1cccc(C2C(C(=O)/C=C/c3ccco3)=C(O)C(=O)N2CCCN(C)C)c1. The van der Waals surface area contributed by atoms with Crippen LogP contribution in [0.25, 0.3) is 6.08 Å². The Bertz CT molecular complexity index is 976. The van der Waals surface area contributed by atoms with Gasteiger partial charge in [0.1, 0.15) is 11.5 Å². The topological polar surface area (TPSA) is 83.2 Å². The molecular formula is C24H28N2O5. The predicted molar refractivity (Wildman–Crippen MR) is 118 cm³/mol. The maximum absolute atomic E-state index is 13.1. The lowest BCUT2D eigenvalue weighted by atomic mass is 9.95. The van der Waals surface area contributed by atoms with E-state index in [9.17, 15) is 14.7 Å². The molecule has 1 aliphatic rings. The lowest BCUT2D eigenvalue weighted by Gasteiger charge is -2.27. The molecule has 31 heavy (non-hydrogen) atoms. The molecule has 0 bridgehead atoms. The summed E-state index contributed by atoms with van der Waals surface area (Å²) in [5.41, 5.74) is 0.772. The van der Waals surface area contributed by atoms with Gasteiger partial charge in [0.15, 0.2) is 11.5 Å². The van der Waals surface area contributed by atoms with Crippen LogP contribution in [-0.2, 0) is 9.59 Å². The molecule has 1 aromatic carbocycles. The van der Waals surface area contributed by atoms with Crippen molar-refractivity contribution in [2.24, 2.45) is 0 Å². The van der Waals surface area contributed by atoms with Crippen LogP contribution in [0.3, 0.4) is 0 Å². The molecule has 1 aliphatic heterocycles. The third-order valence-corrected chi connectivity index (χ3v) is 5.00. The Morgan fingerprint density at radius 3 is 2.77 bits per heavy atom. The molecule has 1 atom stereocenters. The molecule has 1 aromatic heterocycles. The van der Waals surface area contributed by atoms with E-state index in [4.69, 9.17) is 9.15 Å². The van der Waals surface area contributed by atoms with Crippen LogP contribution in [0.15, 0.2) is 64.5 Å². The van der Waals surface area contributed by atoms with Crippen molar-refractivity contribution in [2.75, 3.05) is 33.8 Å². The lowest BCUT2D eigenvalue weighted by molar-refractivity contribution is -0.129. The quantitative estimate of drug-likeness (QED) is 0.587. The van der Waals surface area contributed by atoms with E-state index in [1.54, 1.807) is 17.0 Å². The van der Waals surface area contributed by atoms with Crippen LogP contribution in [0.5, 0.6) is 5.75 Å². The maximum atomic E-state index is 13.1. The van der Waals surface area contributed by atoms with Crippen molar-refractivity contribution in [3.05, 3.63) is 71.4 Å². The highest BCUT2D eigenvalue weighted by molar-refractivity contribution is 6.14. The number of hydrogen-bond acceptors (Lipinski definition) is 6. The number of ketones is 1. The maximum Gasteiger partial charge on any atom is 0.290 e. The van der Waals surface area contributed by atoms with Crippen molar-refractivity contribution in [3.8, 4) is 5.75 Å². The van der Waals surface area contributed by atoms with Gasteiger partial charge in [0.2, 0.25) is 0 Å². The number of ether oxygens (including phenoxy) is 1. The lowest BCUT2D eigenvalue weighted by Crippen LogP contribution is -2.33. The molecule has 1 N–H and O–H groups in total. The molecule has 0 spiro atoms. The summed E-state index contributed by atoms with van der Waals surface area (Å²) in [6.07, 6.45) is 5.06. The minimum atomic E-state index is -0.691. The highest BCUT2D eigenvalue weighted by Gasteiger charge is 2.42. The molecule has 2 heterocycles. The number of carbonyl (C=O) groups excluding carboxylic acids is 2. The molecule has 0 saturated carbocycles. The molecular weight excluding hydrogens is 396 g/mol. The van der Waals surface area contributed by atoms with Gasteiger partial charge in [0, 0.05) is 6.54 Å². The van der Waals surface area contributed by atoms with Crippen molar-refractivity contribution in [3.63, 3.8) is 0 Å². The van der Waals surface area contributed by atoms with Gasteiger partial charge in [0.05, 0.1) is 24.5 Å². The summed E-state index contributed by atoms with van der Waals surface area (Å²) < 4.78 is 10.8. The summed E-state index contributed by atoms with van der Waals surface area (Å²) in [6, 6.07) is 10.0. The average molecular weight is 424 g/mol. The van der Waals surface area contributed by atoms with E-state index < -0.39 is 23.5 Å². The summed E-state index contributed by atoms with van der Waals surface area (Å²) in [4.78, 5) is 29.5. The Balaban J connectivity index is 1.96. The van der Waals surface area contributed by atoms with Crippen LogP contribution >= 0.6 is 0 Å². The highest BCUT2D eigenvalue weighted by atomic mass is 16.5. The zero-order valence-corrected chi connectivity index (χ0v) is 18.1. The summed E-state index contributed by atoms with van der Waals surface area (Å²) >= 11 is 0. The zero-order chi connectivity index (χ0) is 22.4. The number of rotatable bonds is 10. The number of aliphatic hydroxyl groups excluding tert-OH is 1. The number of furan rings is 1. The molecule has 1 amide bonds.